The summed E-state index contributed by atoms with van der Waals surface area (Å²) in [7, 11) is 1.85. The number of pyridine rings is 2. The molecule has 0 aliphatic heterocycles. The summed E-state index contributed by atoms with van der Waals surface area (Å²) in [5.41, 5.74) is 3.30. The number of fused-ring (bicyclic) bond motifs is 2. The van der Waals surface area contributed by atoms with Crippen molar-refractivity contribution in [3.05, 3.63) is 41.7 Å². The van der Waals surface area contributed by atoms with Gasteiger partial charge in [0, 0.05) is 65.8 Å². The molecule has 1 aliphatic carbocycles. The highest BCUT2D eigenvalue weighted by Gasteiger charge is 2.48. The van der Waals surface area contributed by atoms with Gasteiger partial charge in [0.1, 0.15) is 0 Å². The molecular formula is C19H16F2N4OS. The molecule has 5 nitrogen and oxygen atoms in total. The number of hydrogen-bond acceptors (Lipinski definition) is 5. The predicted molar refractivity (Wildman–Crippen MR) is 99.8 cm³/mol. The maximum absolute atomic E-state index is 13.1. The molecule has 27 heavy (non-hydrogen) atoms. The maximum Gasteiger partial charge on any atom is 0.248 e. The first-order valence-corrected chi connectivity index (χ1v) is 9.45. The lowest BCUT2D eigenvalue weighted by molar-refractivity contribution is -0.141. The van der Waals surface area contributed by atoms with E-state index in [1.807, 2.05) is 25.4 Å². The zero-order valence-electron chi connectivity index (χ0n) is 14.4. The summed E-state index contributed by atoms with van der Waals surface area (Å²) in [6, 6.07) is 5.81. The molecule has 0 radical (unpaired) electrons. The van der Waals surface area contributed by atoms with E-state index in [0.29, 0.717) is 10.5 Å². The third-order valence-corrected chi connectivity index (χ3v) is 6.20. The van der Waals surface area contributed by atoms with E-state index in [1.54, 1.807) is 23.1 Å². The van der Waals surface area contributed by atoms with E-state index in [1.165, 1.54) is 11.3 Å². The summed E-state index contributed by atoms with van der Waals surface area (Å²) < 4.78 is 28.8. The van der Waals surface area contributed by atoms with Gasteiger partial charge in [-0.3, -0.25) is 9.67 Å². The second-order valence-corrected chi connectivity index (χ2v) is 8.28. The minimum atomic E-state index is -2.63. The molecule has 0 amide bonds. The van der Waals surface area contributed by atoms with Crippen LogP contribution in [-0.2, 0) is 7.05 Å². The van der Waals surface area contributed by atoms with Crippen LogP contribution in [0.3, 0.4) is 0 Å². The molecule has 4 aromatic rings. The van der Waals surface area contributed by atoms with Crippen LogP contribution in [0.15, 0.2) is 36.8 Å². The van der Waals surface area contributed by atoms with Crippen molar-refractivity contribution in [2.75, 3.05) is 0 Å². The van der Waals surface area contributed by atoms with E-state index >= 15 is 0 Å². The third kappa shape index (κ3) is 2.89. The number of halogens is 2. The first-order valence-electron chi connectivity index (χ1n) is 8.63. The van der Waals surface area contributed by atoms with Crippen molar-refractivity contribution in [3.8, 4) is 11.1 Å². The molecule has 1 fully saturated rings. The zero-order valence-corrected chi connectivity index (χ0v) is 15.2. The molecule has 0 saturated heterocycles. The molecule has 0 aromatic carbocycles. The van der Waals surface area contributed by atoms with Crippen LogP contribution in [0.4, 0.5) is 8.78 Å². The highest BCUT2D eigenvalue weighted by atomic mass is 32.1. The fraction of sp³-hybridized carbons (Fsp3) is 0.316. The lowest BCUT2D eigenvalue weighted by Crippen LogP contribution is -2.38. The van der Waals surface area contributed by atoms with Gasteiger partial charge in [0.25, 0.3) is 0 Å². The molecule has 0 spiro atoms. The van der Waals surface area contributed by atoms with Gasteiger partial charge in [-0.15, -0.1) is 11.3 Å². The molecule has 138 valence electrons. The number of alkyl halides is 2. The number of aromatic nitrogens is 4. The van der Waals surface area contributed by atoms with Gasteiger partial charge in [0.2, 0.25) is 5.92 Å². The smallest absolute Gasteiger partial charge is 0.248 e. The SMILES string of the molecule is Cn1cc2cc(-c3cnc4cc([C@@H](O)C5CC(F)(F)C5)sc4c3)cnc2n1. The van der Waals surface area contributed by atoms with Gasteiger partial charge < -0.3 is 5.11 Å². The first kappa shape index (κ1) is 16.7. The summed E-state index contributed by atoms with van der Waals surface area (Å²) in [4.78, 5) is 9.55. The van der Waals surface area contributed by atoms with Crippen molar-refractivity contribution < 1.29 is 13.9 Å². The van der Waals surface area contributed by atoms with E-state index in [-0.39, 0.29) is 18.8 Å². The van der Waals surface area contributed by atoms with Gasteiger partial charge >= 0.3 is 0 Å². The Labute approximate surface area is 157 Å². The fourth-order valence-electron chi connectivity index (χ4n) is 3.59. The fourth-order valence-corrected chi connectivity index (χ4v) is 4.73. The van der Waals surface area contributed by atoms with Gasteiger partial charge in [-0.1, -0.05) is 0 Å². The van der Waals surface area contributed by atoms with Crippen molar-refractivity contribution in [3.63, 3.8) is 0 Å². The van der Waals surface area contributed by atoms with E-state index < -0.39 is 12.0 Å². The van der Waals surface area contributed by atoms with Crippen LogP contribution in [0.25, 0.3) is 32.4 Å². The summed E-state index contributed by atoms with van der Waals surface area (Å²) in [6.07, 6.45) is 4.07. The van der Waals surface area contributed by atoms with Crippen molar-refractivity contribution in [1.82, 2.24) is 19.7 Å². The molecule has 1 saturated carbocycles. The van der Waals surface area contributed by atoms with Crippen LogP contribution >= 0.6 is 11.3 Å². The molecule has 5 rings (SSSR count). The molecular weight excluding hydrogens is 370 g/mol. The highest BCUT2D eigenvalue weighted by molar-refractivity contribution is 7.19. The largest absolute Gasteiger partial charge is 0.387 e. The summed E-state index contributed by atoms with van der Waals surface area (Å²) in [5.74, 6) is -3.02. The van der Waals surface area contributed by atoms with Crippen LogP contribution in [-0.4, -0.2) is 30.8 Å². The highest BCUT2D eigenvalue weighted by Crippen LogP contribution is 2.49. The summed E-state index contributed by atoms with van der Waals surface area (Å²) in [5, 5.41) is 15.6. The summed E-state index contributed by atoms with van der Waals surface area (Å²) in [6.45, 7) is 0. The Morgan fingerprint density at radius 1 is 1.19 bits per heavy atom. The number of nitrogens with zero attached hydrogens (tertiary/aromatic N) is 4. The number of rotatable bonds is 3. The molecule has 1 N–H and O–H groups in total. The van der Waals surface area contributed by atoms with Crippen LogP contribution in [0.2, 0.25) is 0 Å². The van der Waals surface area contributed by atoms with Crippen molar-refractivity contribution in [1.29, 1.82) is 0 Å². The van der Waals surface area contributed by atoms with Gasteiger partial charge in [-0.25, -0.2) is 13.8 Å². The Bertz CT molecular complexity index is 1160. The Hall–Kier alpha value is -2.45. The number of aliphatic hydroxyl groups excluding tert-OH is 1. The topological polar surface area (TPSA) is 63.8 Å². The lowest BCUT2D eigenvalue weighted by Gasteiger charge is -2.37. The molecule has 1 aliphatic rings. The summed E-state index contributed by atoms with van der Waals surface area (Å²) >= 11 is 1.41. The number of thiophene rings is 1. The second kappa shape index (κ2) is 5.77. The average molecular weight is 386 g/mol. The number of aryl methyl sites for hydroxylation is 1. The standard InChI is InChI=1S/C19H16F2N4OS/c1-25-9-12-2-10(8-23-18(12)24-25)11-3-15-14(22-7-11)4-16(27-15)17(26)13-5-19(20,21)6-13/h2-4,7-9,13,17,26H,5-6H2,1H3/t17-/m0/s1. The predicted octanol–water partition coefficient (Wildman–Crippen LogP) is 4.32. The average Bonchev–Trinajstić information content (AvgIpc) is 3.19. The van der Waals surface area contributed by atoms with Gasteiger partial charge in [-0.2, -0.15) is 5.10 Å². The zero-order chi connectivity index (χ0) is 18.8. The van der Waals surface area contributed by atoms with E-state index in [2.05, 4.69) is 15.1 Å². The molecule has 8 heteroatoms. The van der Waals surface area contributed by atoms with E-state index in [9.17, 15) is 13.9 Å². The monoisotopic (exact) mass is 386 g/mol. The Morgan fingerprint density at radius 3 is 2.70 bits per heavy atom. The first-order chi connectivity index (χ1) is 12.9. The lowest BCUT2D eigenvalue weighted by atomic mass is 9.77. The van der Waals surface area contributed by atoms with Crippen LogP contribution < -0.4 is 0 Å². The quantitative estimate of drug-likeness (QED) is 0.569. The second-order valence-electron chi connectivity index (χ2n) is 7.16. The van der Waals surface area contributed by atoms with Crippen molar-refractivity contribution in [2.24, 2.45) is 13.0 Å². The van der Waals surface area contributed by atoms with Gasteiger partial charge in [0.15, 0.2) is 5.65 Å². The minimum absolute atomic E-state index is 0.252. The molecule has 1 atom stereocenters. The van der Waals surface area contributed by atoms with Crippen LogP contribution in [0.5, 0.6) is 0 Å². The van der Waals surface area contributed by atoms with Gasteiger partial charge in [-0.05, 0) is 18.2 Å². The van der Waals surface area contributed by atoms with E-state index in [4.69, 9.17) is 0 Å². The maximum atomic E-state index is 13.1. The Morgan fingerprint density at radius 2 is 1.93 bits per heavy atom. The van der Waals surface area contributed by atoms with Crippen LogP contribution in [0.1, 0.15) is 23.8 Å². The molecule has 0 unspecified atom stereocenters. The van der Waals surface area contributed by atoms with Crippen LogP contribution in [0, 0.1) is 5.92 Å². The Kier molecular flexibility index (Phi) is 3.57. The van der Waals surface area contributed by atoms with Crippen molar-refractivity contribution >= 4 is 32.6 Å². The molecule has 4 heterocycles. The van der Waals surface area contributed by atoms with E-state index in [0.717, 1.165) is 26.7 Å². The van der Waals surface area contributed by atoms with Gasteiger partial charge in [0.05, 0.1) is 16.3 Å². The minimum Gasteiger partial charge on any atom is -0.387 e. The number of aliphatic hydroxyl groups is 1. The molecule has 0 bridgehead atoms. The Balaban J connectivity index is 1.47. The normalized spacial score (nSPS) is 18.1. The van der Waals surface area contributed by atoms with Crippen molar-refractivity contribution in [2.45, 2.75) is 24.9 Å². The number of hydrogen-bond donors (Lipinski definition) is 1. The molecule has 4 aromatic heterocycles. The third-order valence-electron chi connectivity index (χ3n) is 5.06.